The molecule has 1 atom stereocenters. The van der Waals surface area contributed by atoms with Crippen LogP contribution in [0.2, 0.25) is 0 Å². The molecule has 0 aliphatic rings. The van der Waals surface area contributed by atoms with Crippen molar-refractivity contribution in [2.75, 3.05) is 0 Å². The standard InChI is InChI=1S/C13H18N2OS/c1-4-10-5-6-12(17-10)13(16)11-7-8-14-15(11)9(2)3/h5-9,13,16H,4H2,1-3H3. The lowest BCUT2D eigenvalue weighted by Gasteiger charge is -2.14. The van der Waals surface area contributed by atoms with E-state index in [0.717, 1.165) is 17.0 Å². The summed E-state index contributed by atoms with van der Waals surface area (Å²) in [6.07, 6.45) is 2.19. The maximum absolute atomic E-state index is 10.4. The van der Waals surface area contributed by atoms with Gasteiger partial charge in [-0.15, -0.1) is 11.3 Å². The minimum Gasteiger partial charge on any atom is -0.381 e. The van der Waals surface area contributed by atoms with Crippen LogP contribution in [-0.4, -0.2) is 14.9 Å². The van der Waals surface area contributed by atoms with E-state index in [1.165, 1.54) is 4.88 Å². The van der Waals surface area contributed by atoms with Gasteiger partial charge >= 0.3 is 0 Å². The molecular weight excluding hydrogens is 232 g/mol. The number of aliphatic hydroxyl groups excluding tert-OH is 1. The first kappa shape index (κ1) is 12.3. The average molecular weight is 250 g/mol. The van der Waals surface area contributed by atoms with E-state index < -0.39 is 6.10 Å². The predicted octanol–water partition coefficient (Wildman–Crippen LogP) is 3.17. The molecule has 0 saturated carbocycles. The molecule has 2 aromatic rings. The normalized spacial score (nSPS) is 13.2. The fraction of sp³-hybridized carbons (Fsp3) is 0.462. The molecule has 0 radical (unpaired) electrons. The Morgan fingerprint density at radius 3 is 2.71 bits per heavy atom. The van der Waals surface area contributed by atoms with Crippen molar-refractivity contribution in [3.63, 3.8) is 0 Å². The van der Waals surface area contributed by atoms with Crippen LogP contribution in [0.1, 0.15) is 48.4 Å². The summed E-state index contributed by atoms with van der Waals surface area (Å²) in [5.41, 5.74) is 0.865. The molecule has 0 bridgehead atoms. The van der Waals surface area contributed by atoms with Gasteiger partial charge in [-0.05, 0) is 38.5 Å². The van der Waals surface area contributed by atoms with Crippen molar-refractivity contribution in [3.8, 4) is 0 Å². The Hall–Kier alpha value is -1.13. The van der Waals surface area contributed by atoms with E-state index in [1.807, 2.05) is 16.8 Å². The van der Waals surface area contributed by atoms with Crippen LogP contribution in [0.4, 0.5) is 0 Å². The Bertz CT molecular complexity index is 487. The van der Waals surface area contributed by atoms with Gasteiger partial charge < -0.3 is 5.11 Å². The van der Waals surface area contributed by atoms with E-state index in [9.17, 15) is 5.11 Å². The number of nitrogens with zero attached hydrogens (tertiary/aromatic N) is 2. The second kappa shape index (κ2) is 5.02. The largest absolute Gasteiger partial charge is 0.381 e. The summed E-state index contributed by atoms with van der Waals surface area (Å²) in [6, 6.07) is 6.24. The third-order valence-corrected chi connectivity index (χ3v) is 4.05. The highest BCUT2D eigenvalue weighted by Crippen LogP contribution is 2.29. The van der Waals surface area contributed by atoms with Crippen LogP contribution in [0.3, 0.4) is 0 Å². The number of thiophene rings is 1. The number of aromatic nitrogens is 2. The maximum Gasteiger partial charge on any atom is 0.130 e. The summed E-state index contributed by atoms with van der Waals surface area (Å²) in [5, 5.41) is 14.6. The summed E-state index contributed by atoms with van der Waals surface area (Å²) < 4.78 is 1.87. The minimum atomic E-state index is -0.565. The monoisotopic (exact) mass is 250 g/mol. The van der Waals surface area contributed by atoms with E-state index in [-0.39, 0.29) is 6.04 Å². The molecule has 4 heteroatoms. The topological polar surface area (TPSA) is 38.1 Å². The average Bonchev–Trinajstić information content (AvgIpc) is 2.97. The molecule has 2 rings (SSSR count). The van der Waals surface area contributed by atoms with E-state index in [2.05, 4.69) is 31.9 Å². The van der Waals surface area contributed by atoms with Crippen molar-refractivity contribution < 1.29 is 5.11 Å². The molecule has 17 heavy (non-hydrogen) atoms. The molecule has 3 nitrogen and oxygen atoms in total. The Morgan fingerprint density at radius 2 is 2.12 bits per heavy atom. The number of aryl methyl sites for hydroxylation is 1. The maximum atomic E-state index is 10.4. The lowest BCUT2D eigenvalue weighted by atomic mass is 10.2. The van der Waals surface area contributed by atoms with Crippen LogP contribution in [0.25, 0.3) is 0 Å². The molecule has 0 aliphatic heterocycles. The summed E-state index contributed by atoms with van der Waals surface area (Å²) in [7, 11) is 0. The highest BCUT2D eigenvalue weighted by atomic mass is 32.1. The van der Waals surface area contributed by atoms with Gasteiger partial charge in [0.1, 0.15) is 6.10 Å². The SMILES string of the molecule is CCc1ccc(C(O)c2ccnn2C(C)C)s1. The molecule has 2 aromatic heterocycles. The molecule has 1 N–H and O–H groups in total. The zero-order chi connectivity index (χ0) is 12.4. The molecule has 2 heterocycles. The Labute approximate surface area is 106 Å². The van der Waals surface area contributed by atoms with Crippen molar-refractivity contribution in [2.45, 2.75) is 39.3 Å². The van der Waals surface area contributed by atoms with Gasteiger partial charge in [-0.1, -0.05) is 6.92 Å². The van der Waals surface area contributed by atoms with Gasteiger partial charge in [-0.3, -0.25) is 4.68 Å². The van der Waals surface area contributed by atoms with Crippen LogP contribution in [0, 0.1) is 0 Å². The number of hydrogen-bond donors (Lipinski definition) is 1. The molecule has 0 aromatic carbocycles. The highest BCUT2D eigenvalue weighted by Gasteiger charge is 2.18. The first-order valence-electron chi connectivity index (χ1n) is 5.93. The van der Waals surface area contributed by atoms with E-state index in [0.29, 0.717) is 0 Å². The van der Waals surface area contributed by atoms with E-state index in [1.54, 1.807) is 17.5 Å². The summed E-state index contributed by atoms with van der Waals surface area (Å²) in [5.74, 6) is 0. The van der Waals surface area contributed by atoms with Gasteiger partial charge in [-0.25, -0.2) is 0 Å². The quantitative estimate of drug-likeness (QED) is 0.905. The van der Waals surface area contributed by atoms with Gasteiger partial charge in [0, 0.05) is 22.0 Å². The van der Waals surface area contributed by atoms with Gasteiger partial charge in [0.2, 0.25) is 0 Å². The molecule has 1 unspecified atom stereocenters. The van der Waals surface area contributed by atoms with Crippen molar-refractivity contribution >= 4 is 11.3 Å². The fourth-order valence-electron chi connectivity index (χ4n) is 1.85. The molecule has 0 aliphatic carbocycles. The molecular formula is C13H18N2OS. The minimum absolute atomic E-state index is 0.264. The van der Waals surface area contributed by atoms with Crippen molar-refractivity contribution in [1.82, 2.24) is 9.78 Å². The predicted molar refractivity (Wildman–Crippen MR) is 70.4 cm³/mol. The second-order valence-electron chi connectivity index (χ2n) is 4.35. The van der Waals surface area contributed by atoms with Gasteiger partial charge in [0.25, 0.3) is 0 Å². The van der Waals surface area contributed by atoms with Gasteiger partial charge in [0.05, 0.1) is 5.69 Å². The lowest BCUT2D eigenvalue weighted by molar-refractivity contribution is 0.208. The van der Waals surface area contributed by atoms with Crippen LogP contribution in [-0.2, 0) is 6.42 Å². The lowest BCUT2D eigenvalue weighted by Crippen LogP contribution is -2.11. The Morgan fingerprint density at radius 1 is 1.35 bits per heavy atom. The fourth-order valence-corrected chi connectivity index (χ4v) is 2.80. The Kier molecular flexibility index (Phi) is 3.64. The highest BCUT2D eigenvalue weighted by molar-refractivity contribution is 7.12. The number of hydrogen-bond acceptors (Lipinski definition) is 3. The van der Waals surface area contributed by atoms with Crippen molar-refractivity contribution in [1.29, 1.82) is 0 Å². The first-order chi connectivity index (χ1) is 8.13. The first-order valence-corrected chi connectivity index (χ1v) is 6.75. The van der Waals surface area contributed by atoms with Crippen LogP contribution >= 0.6 is 11.3 Å². The third-order valence-electron chi connectivity index (χ3n) is 2.77. The number of aliphatic hydroxyl groups is 1. The number of rotatable bonds is 4. The summed E-state index contributed by atoms with van der Waals surface area (Å²) >= 11 is 1.67. The zero-order valence-electron chi connectivity index (χ0n) is 10.4. The summed E-state index contributed by atoms with van der Waals surface area (Å²) in [4.78, 5) is 2.29. The third kappa shape index (κ3) is 2.42. The van der Waals surface area contributed by atoms with Crippen molar-refractivity contribution in [3.05, 3.63) is 39.8 Å². The van der Waals surface area contributed by atoms with Crippen LogP contribution < -0.4 is 0 Å². The molecule has 0 amide bonds. The van der Waals surface area contributed by atoms with Crippen LogP contribution in [0.5, 0.6) is 0 Å². The molecule has 0 fully saturated rings. The van der Waals surface area contributed by atoms with E-state index >= 15 is 0 Å². The van der Waals surface area contributed by atoms with E-state index in [4.69, 9.17) is 0 Å². The molecule has 0 saturated heterocycles. The Balaban J connectivity index is 2.30. The zero-order valence-corrected chi connectivity index (χ0v) is 11.2. The second-order valence-corrected chi connectivity index (χ2v) is 5.55. The smallest absolute Gasteiger partial charge is 0.130 e. The summed E-state index contributed by atoms with van der Waals surface area (Å²) in [6.45, 7) is 6.25. The van der Waals surface area contributed by atoms with Gasteiger partial charge in [-0.2, -0.15) is 5.10 Å². The van der Waals surface area contributed by atoms with Crippen LogP contribution in [0.15, 0.2) is 24.4 Å². The molecule has 0 spiro atoms. The molecule has 92 valence electrons. The van der Waals surface area contributed by atoms with Crippen molar-refractivity contribution in [2.24, 2.45) is 0 Å². The van der Waals surface area contributed by atoms with Gasteiger partial charge in [0.15, 0.2) is 0 Å².